The minimum atomic E-state index is 0.397. The second kappa shape index (κ2) is 7.36. The SMILES string of the molecule is CC(c1ccc(-c2cn(CCc3cccnc3)nn2)cc1)N(C)C. The van der Waals surface area contributed by atoms with Gasteiger partial charge in [-0.25, -0.2) is 0 Å². The van der Waals surface area contributed by atoms with Crippen LogP contribution in [0.5, 0.6) is 0 Å². The van der Waals surface area contributed by atoms with Crippen LogP contribution in [0.25, 0.3) is 11.3 Å². The molecule has 3 rings (SSSR count). The Morgan fingerprint density at radius 1 is 1.12 bits per heavy atom. The molecule has 0 saturated heterocycles. The fraction of sp³-hybridized carbons (Fsp3) is 0.316. The van der Waals surface area contributed by atoms with Gasteiger partial charge in [-0.3, -0.25) is 9.67 Å². The number of benzene rings is 1. The first-order chi connectivity index (χ1) is 11.6. The molecule has 0 fully saturated rings. The van der Waals surface area contributed by atoms with Crippen molar-refractivity contribution in [3.05, 3.63) is 66.1 Å². The summed E-state index contributed by atoms with van der Waals surface area (Å²) in [6.07, 6.45) is 6.58. The lowest BCUT2D eigenvalue weighted by Gasteiger charge is -2.20. The molecule has 0 bridgehead atoms. The highest BCUT2D eigenvalue weighted by molar-refractivity contribution is 5.58. The molecule has 0 N–H and O–H groups in total. The van der Waals surface area contributed by atoms with Crippen molar-refractivity contribution in [3.8, 4) is 11.3 Å². The van der Waals surface area contributed by atoms with Gasteiger partial charge in [-0.1, -0.05) is 35.5 Å². The van der Waals surface area contributed by atoms with Gasteiger partial charge in [-0.05, 0) is 44.6 Å². The second-order valence-corrected chi connectivity index (χ2v) is 6.24. The Morgan fingerprint density at radius 2 is 1.92 bits per heavy atom. The summed E-state index contributed by atoms with van der Waals surface area (Å²) < 4.78 is 1.89. The van der Waals surface area contributed by atoms with Crippen molar-refractivity contribution in [1.29, 1.82) is 0 Å². The standard InChI is InChI=1S/C19H23N5/c1-15(23(2)3)17-6-8-18(9-7-17)19-14-24(22-21-19)12-10-16-5-4-11-20-13-16/h4-9,11,13-15H,10,12H2,1-3H3. The van der Waals surface area contributed by atoms with Crippen LogP contribution < -0.4 is 0 Å². The van der Waals surface area contributed by atoms with Crippen molar-refractivity contribution in [1.82, 2.24) is 24.9 Å². The molecule has 0 saturated carbocycles. The van der Waals surface area contributed by atoms with Gasteiger partial charge in [0, 0.05) is 30.5 Å². The average Bonchev–Trinajstić information content (AvgIpc) is 3.09. The minimum absolute atomic E-state index is 0.397. The predicted molar refractivity (Wildman–Crippen MR) is 95.5 cm³/mol. The first-order valence-electron chi connectivity index (χ1n) is 8.19. The Bertz CT molecular complexity index is 762. The molecule has 0 aliphatic carbocycles. The van der Waals surface area contributed by atoms with Gasteiger partial charge in [0.05, 0.1) is 6.20 Å². The Hall–Kier alpha value is -2.53. The molecule has 124 valence electrons. The molecule has 0 radical (unpaired) electrons. The Labute approximate surface area is 143 Å². The monoisotopic (exact) mass is 321 g/mol. The number of hydrogen-bond acceptors (Lipinski definition) is 4. The third kappa shape index (κ3) is 3.86. The molecule has 0 spiro atoms. The molecule has 1 aromatic carbocycles. The number of rotatable bonds is 6. The van der Waals surface area contributed by atoms with E-state index >= 15 is 0 Å². The molecular weight excluding hydrogens is 298 g/mol. The number of aryl methyl sites for hydroxylation is 2. The summed E-state index contributed by atoms with van der Waals surface area (Å²) in [6, 6.07) is 13.0. The van der Waals surface area contributed by atoms with E-state index in [-0.39, 0.29) is 0 Å². The summed E-state index contributed by atoms with van der Waals surface area (Å²) in [4.78, 5) is 6.33. The molecule has 0 aliphatic rings. The number of hydrogen-bond donors (Lipinski definition) is 0. The smallest absolute Gasteiger partial charge is 0.113 e. The van der Waals surface area contributed by atoms with E-state index in [1.807, 2.05) is 23.1 Å². The van der Waals surface area contributed by atoms with Crippen molar-refractivity contribution >= 4 is 0 Å². The van der Waals surface area contributed by atoms with E-state index < -0.39 is 0 Å². The maximum Gasteiger partial charge on any atom is 0.113 e. The van der Waals surface area contributed by atoms with E-state index in [4.69, 9.17) is 0 Å². The Kier molecular flexibility index (Phi) is 5.01. The molecular formula is C19H23N5. The maximum atomic E-state index is 4.30. The van der Waals surface area contributed by atoms with Crippen molar-refractivity contribution in [2.45, 2.75) is 25.9 Å². The second-order valence-electron chi connectivity index (χ2n) is 6.24. The van der Waals surface area contributed by atoms with Gasteiger partial charge >= 0.3 is 0 Å². The Balaban J connectivity index is 1.67. The third-order valence-corrected chi connectivity index (χ3v) is 4.35. The van der Waals surface area contributed by atoms with Gasteiger partial charge in [0.1, 0.15) is 5.69 Å². The number of nitrogens with zero attached hydrogens (tertiary/aromatic N) is 5. The van der Waals surface area contributed by atoms with E-state index in [1.165, 1.54) is 11.1 Å². The highest BCUT2D eigenvalue weighted by Gasteiger charge is 2.09. The molecule has 24 heavy (non-hydrogen) atoms. The summed E-state index contributed by atoms with van der Waals surface area (Å²) in [5.41, 5.74) is 4.51. The largest absolute Gasteiger partial charge is 0.303 e. The fourth-order valence-electron chi connectivity index (χ4n) is 2.56. The van der Waals surface area contributed by atoms with Crippen molar-refractivity contribution in [2.75, 3.05) is 14.1 Å². The van der Waals surface area contributed by atoms with Crippen molar-refractivity contribution in [2.24, 2.45) is 0 Å². The molecule has 2 heterocycles. The van der Waals surface area contributed by atoms with Gasteiger partial charge in [0.15, 0.2) is 0 Å². The van der Waals surface area contributed by atoms with Crippen LogP contribution in [0.1, 0.15) is 24.1 Å². The predicted octanol–water partition coefficient (Wildman–Crippen LogP) is 3.21. The topological polar surface area (TPSA) is 46.8 Å². The van der Waals surface area contributed by atoms with Crippen LogP contribution in [0.15, 0.2) is 55.0 Å². The first kappa shape index (κ1) is 16.3. The minimum Gasteiger partial charge on any atom is -0.303 e. The summed E-state index contributed by atoms with van der Waals surface area (Å²) >= 11 is 0. The lowest BCUT2D eigenvalue weighted by molar-refractivity contribution is 0.321. The van der Waals surface area contributed by atoms with Crippen LogP contribution in [-0.4, -0.2) is 39.0 Å². The lowest BCUT2D eigenvalue weighted by Crippen LogP contribution is -2.16. The van der Waals surface area contributed by atoms with E-state index in [9.17, 15) is 0 Å². The average molecular weight is 321 g/mol. The molecule has 1 unspecified atom stereocenters. The zero-order valence-electron chi connectivity index (χ0n) is 14.4. The maximum absolute atomic E-state index is 4.30. The molecule has 2 aromatic heterocycles. The molecule has 5 nitrogen and oxygen atoms in total. The molecule has 0 amide bonds. The van der Waals surface area contributed by atoms with Crippen molar-refractivity contribution in [3.63, 3.8) is 0 Å². The number of aromatic nitrogens is 4. The van der Waals surface area contributed by atoms with Gasteiger partial charge in [-0.15, -0.1) is 5.10 Å². The van der Waals surface area contributed by atoms with Gasteiger partial charge in [0.25, 0.3) is 0 Å². The molecule has 1 atom stereocenters. The van der Waals surface area contributed by atoms with Crippen LogP contribution in [0.3, 0.4) is 0 Å². The summed E-state index contributed by atoms with van der Waals surface area (Å²) in [7, 11) is 4.18. The molecule has 5 heteroatoms. The van der Waals surface area contributed by atoms with E-state index in [0.717, 1.165) is 24.2 Å². The zero-order chi connectivity index (χ0) is 16.9. The highest BCUT2D eigenvalue weighted by Crippen LogP contribution is 2.22. The van der Waals surface area contributed by atoms with Gasteiger partial charge in [-0.2, -0.15) is 0 Å². The van der Waals surface area contributed by atoms with Crippen LogP contribution >= 0.6 is 0 Å². The van der Waals surface area contributed by atoms with Crippen LogP contribution in [-0.2, 0) is 13.0 Å². The van der Waals surface area contributed by atoms with E-state index in [1.54, 1.807) is 6.20 Å². The van der Waals surface area contributed by atoms with Crippen LogP contribution in [0.2, 0.25) is 0 Å². The normalized spacial score (nSPS) is 12.5. The van der Waals surface area contributed by atoms with Crippen LogP contribution in [0, 0.1) is 0 Å². The van der Waals surface area contributed by atoms with Gasteiger partial charge in [0.2, 0.25) is 0 Å². The zero-order valence-corrected chi connectivity index (χ0v) is 14.4. The number of pyridine rings is 1. The highest BCUT2D eigenvalue weighted by atomic mass is 15.4. The summed E-state index contributed by atoms with van der Waals surface area (Å²) in [5, 5.41) is 8.53. The van der Waals surface area contributed by atoms with E-state index in [0.29, 0.717) is 6.04 Å². The van der Waals surface area contributed by atoms with Crippen LogP contribution in [0.4, 0.5) is 0 Å². The quantitative estimate of drug-likeness (QED) is 0.699. The summed E-state index contributed by atoms with van der Waals surface area (Å²) in [5.74, 6) is 0. The van der Waals surface area contributed by atoms with E-state index in [2.05, 4.69) is 71.5 Å². The molecule has 0 aliphatic heterocycles. The van der Waals surface area contributed by atoms with Crippen molar-refractivity contribution < 1.29 is 0 Å². The lowest BCUT2D eigenvalue weighted by atomic mass is 10.0. The molecule has 3 aromatic rings. The first-order valence-corrected chi connectivity index (χ1v) is 8.19. The fourth-order valence-corrected chi connectivity index (χ4v) is 2.56. The Morgan fingerprint density at radius 3 is 2.58 bits per heavy atom. The third-order valence-electron chi connectivity index (χ3n) is 4.35. The summed E-state index contributed by atoms with van der Waals surface area (Å²) in [6.45, 7) is 3.00. The van der Waals surface area contributed by atoms with Gasteiger partial charge < -0.3 is 4.90 Å².